The third-order valence-corrected chi connectivity index (χ3v) is 6.59. The molecule has 0 aliphatic carbocycles. The first kappa shape index (κ1) is 25.2. The standard InChI is InChI=1S/C29H24N6O4/c1-4-35-25(18-10-8-17(9-11-18)23-16(2)39-34(3)29(23)38)22(15-30)21-12-13-32-24(26(21)35)28(37)33-20-7-5-6-19(14-20)27(31)36/h5-14H,4H2,1-3H3,(H2,31,36)(H,33,37). The van der Waals surface area contributed by atoms with Crippen LogP contribution >= 0.6 is 0 Å². The lowest BCUT2D eigenvalue weighted by molar-refractivity contribution is 0.0995. The number of amides is 2. The molecule has 0 radical (unpaired) electrons. The van der Waals surface area contributed by atoms with Crippen molar-refractivity contribution in [1.29, 1.82) is 5.26 Å². The molecule has 0 saturated heterocycles. The van der Waals surface area contributed by atoms with Crippen LogP contribution in [0.4, 0.5) is 5.69 Å². The van der Waals surface area contributed by atoms with Crippen LogP contribution in [0.3, 0.4) is 0 Å². The zero-order valence-corrected chi connectivity index (χ0v) is 21.5. The van der Waals surface area contributed by atoms with Gasteiger partial charge in [0.2, 0.25) is 5.91 Å². The lowest BCUT2D eigenvalue weighted by atomic mass is 10.0. The summed E-state index contributed by atoms with van der Waals surface area (Å²) < 4.78 is 8.48. The van der Waals surface area contributed by atoms with E-state index in [1.807, 2.05) is 35.8 Å². The van der Waals surface area contributed by atoms with Crippen molar-refractivity contribution in [3.63, 3.8) is 0 Å². The van der Waals surface area contributed by atoms with E-state index in [0.29, 0.717) is 51.3 Å². The number of benzene rings is 2. The fourth-order valence-corrected chi connectivity index (χ4v) is 4.86. The van der Waals surface area contributed by atoms with Gasteiger partial charge in [-0.05, 0) is 49.2 Å². The molecule has 0 bridgehead atoms. The maximum absolute atomic E-state index is 13.4. The number of nitrogens with zero attached hydrogens (tertiary/aromatic N) is 4. The minimum atomic E-state index is -0.608. The molecule has 0 spiro atoms. The minimum Gasteiger partial charge on any atom is -0.381 e. The van der Waals surface area contributed by atoms with Crippen molar-refractivity contribution in [3.8, 4) is 28.5 Å². The third-order valence-electron chi connectivity index (χ3n) is 6.59. The summed E-state index contributed by atoms with van der Waals surface area (Å²) in [5.41, 5.74) is 9.39. The molecule has 3 N–H and O–H groups in total. The Morgan fingerprint density at radius 3 is 2.46 bits per heavy atom. The third kappa shape index (κ3) is 4.26. The predicted octanol–water partition coefficient (Wildman–Crippen LogP) is 4.21. The van der Waals surface area contributed by atoms with Crippen molar-refractivity contribution in [2.45, 2.75) is 20.4 Å². The largest absolute Gasteiger partial charge is 0.381 e. The quantitative estimate of drug-likeness (QED) is 0.342. The van der Waals surface area contributed by atoms with Crippen LogP contribution in [0.2, 0.25) is 0 Å². The second-order valence-corrected chi connectivity index (χ2v) is 8.94. The Bertz CT molecular complexity index is 1870. The van der Waals surface area contributed by atoms with E-state index in [-0.39, 0.29) is 16.8 Å². The van der Waals surface area contributed by atoms with Crippen LogP contribution in [-0.2, 0) is 13.6 Å². The summed E-state index contributed by atoms with van der Waals surface area (Å²) in [5.74, 6) is -0.588. The number of rotatable bonds is 6. The van der Waals surface area contributed by atoms with Gasteiger partial charge in [0.15, 0.2) is 5.69 Å². The number of aryl methyl sites for hydroxylation is 3. The number of anilines is 1. The highest BCUT2D eigenvalue weighted by molar-refractivity contribution is 6.13. The van der Waals surface area contributed by atoms with Gasteiger partial charge in [-0.15, -0.1) is 0 Å². The molecule has 0 aliphatic heterocycles. The molecular weight excluding hydrogens is 496 g/mol. The fraction of sp³-hybridized carbons (Fsp3) is 0.138. The molecule has 3 heterocycles. The number of hydrogen-bond donors (Lipinski definition) is 2. The van der Waals surface area contributed by atoms with Crippen molar-refractivity contribution in [2.75, 3.05) is 5.32 Å². The van der Waals surface area contributed by atoms with E-state index in [2.05, 4.69) is 16.4 Å². The smallest absolute Gasteiger partial charge is 0.290 e. The van der Waals surface area contributed by atoms with Crippen molar-refractivity contribution in [3.05, 3.63) is 93.7 Å². The normalized spacial score (nSPS) is 10.9. The summed E-state index contributed by atoms with van der Waals surface area (Å²) in [7, 11) is 1.56. The first-order valence-electron chi connectivity index (χ1n) is 12.1. The molecule has 0 aliphatic rings. The Balaban J connectivity index is 1.62. The molecule has 10 nitrogen and oxygen atoms in total. The number of nitriles is 1. The first-order valence-corrected chi connectivity index (χ1v) is 12.1. The van der Waals surface area contributed by atoms with Gasteiger partial charge in [-0.3, -0.25) is 14.4 Å². The highest BCUT2D eigenvalue weighted by atomic mass is 16.5. The predicted molar refractivity (Wildman–Crippen MR) is 146 cm³/mol. The zero-order chi connectivity index (χ0) is 27.8. The van der Waals surface area contributed by atoms with Crippen LogP contribution in [0.5, 0.6) is 0 Å². The summed E-state index contributed by atoms with van der Waals surface area (Å²) in [4.78, 5) is 41.8. The lowest BCUT2D eigenvalue weighted by Gasteiger charge is -2.12. The number of hydrogen-bond acceptors (Lipinski definition) is 6. The second kappa shape index (κ2) is 9.79. The van der Waals surface area contributed by atoms with Crippen molar-refractivity contribution in [2.24, 2.45) is 12.8 Å². The molecule has 194 valence electrons. The number of fused-ring (bicyclic) bond motifs is 1. The maximum Gasteiger partial charge on any atom is 0.290 e. The van der Waals surface area contributed by atoms with Gasteiger partial charge in [-0.2, -0.15) is 10.0 Å². The number of carbonyl (C=O) groups is 2. The van der Waals surface area contributed by atoms with E-state index in [0.717, 1.165) is 5.56 Å². The average molecular weight is 521 g/mol. The van der Waals surface area contributed by atoms with Gasteiger partial charge in [-0.25, -0.2) is 4.98 Å². The van der Waals surface area contributed by atoms with Crippen LogP contribution in [0.15, 0.2) is 70.1 Å². The van der Waals surface area contributed by atoms with E-state index in [1.165, 1.54) is 17.0 Å². The van der Waals surface area contributed by atoms with E-state index >= 15 is 0 Å². The Hall–Kier alpha value is -5.43. The van der Waals surface area contributed by atoms with E-state index in [1.54, 1.807) is 38.2 Å². The number of nitrogens with two attached hydrogens (primary N) is 1. The number of aromatic nitrogens is 3. The molecule has 10 heteroatoms. The Labute approximate surface area is 222 Å². The molecule has 3 aromatic heterocycles. The molecule has 5 aromatic rings. The van der Waals surface area contributed by atoms with Gasteiger partial charge < -0.3 is 20.1 Å². The molecule has 0 saturated carbocycles. The van der Waals surface area contributed by atoms with Gasteiger partial charge in [0.05, 0.1) is 22.3 Å². The highest BCUT2D eigenvalue weighted by Crippen LogP contribution is 2.36. The van der Waals surface area contributed by atoms with Gasteiger partial charge in [-0.1, -0.05) is 30.3 Å². The monoisotopic (exact) mass is 520 g/mol. The SMILES string of the molecule is CCn1c(-c2ccc(-c3c(C)on(C)c3=O)cc2)c(C#N)c2ccnc(C(=O)Nc3cccc(C(N)=O)c3)c21. The summed E-state index contributed by atoms with van der Waals surface area (Å²) in [5, 5.41) is 13.5. The molecule has 0 atom stereocenters. The molecule has 5 rings (SSSR count). The van der Waals surface area contributed by atoms with Gasteiger partial charge in [0.1, 0.15) is 11.8 Å². The summed E-state index contributed by atoms with van der Waals surface area (Å²) in [6.45, 7) is 4.11. The van der Waals surface area contributed by atoms with Crippen LogP contribution in [0.1, 0.15) is 39.1 Å². The minimum absolute atomic E-state index is 0.135. The first-order chi connectivity index (χ1) is 18.7. The topological polar surface area (TPSA) is 149 Å². The van der Waals surface area contributed by atoms with Gasteiger partial charge in [0.25, 0.3) is 11.5 Å². The van der Waals surface area contributed by atoms with Crippen LogP contribution < -0.4 is 16.6 Å². The Morgan fingerprint density at radius 2 is 1.85 bits per heavy atom. The Kier molecular flexibility index (Phi) is 6.34. The molecule has 2 aromatic carbocycles. The van der Waals surface area contributed by atoms with E-state index in [9.17, 15) is 19.6 Å². The molecule has 39 heavy (non-hydrogen) atoms. The lowest BCUT2D eigenvalue weighted by Crippen LogP contribution is -2.17. The van der Waals surface area contributed by atoms with E-state index in [4.69, 9.17) is 10.3 Å². The van der Waals surface area contributed by atoms with Crippen LogP contribution in [0.25, 0.3) is 33.3 Å². The number of pyridine rings is 1. The van der Waals surface area contributed by atoms with Crippen molar-refractivity contribution < 1.29 is 14.1 Å². The molecular formula is C29H24N6O4. The zero-order valence-electron chi connectivity index (χ0n) is 21.5. The summed E-state index contributed by atoms with van der Waals surface area (Å²) >= 11 is 0. The van der Waals surface area contributed by atoms with Gasteiger partial charge >= 0.3 is 0 Å². The molecule has 0 unspecified atom stereocenters. The van der Waals surface area contributed by atoms with Crippen molar-refractivity contribution >= 4 is 28.4 Å². The molecule has 2 amide bonds. The summed E-state index contributed by atoms with van der Waals surface area (Å²) in [6.07, 6.45) is 1.49. The number of carbonyl (C=O) groups excluding carboxylic acids is 2. The van der Waals surface area contributed by atoms with Gasteiger partial charge in [0, 0.05) is 36.4 Å². The van der Waals surface area contributed by atoms with Crippen LogP contribution in [0, 0.1) is 18.3 Å². The Morgan fingerprint density at radius 1 is 1.13 bits per heavy atom. The maximum atomic E-state index is 13.4. The fourth-order valence-electron chi connectivity index (χ4n) is 4.86. The van der Waals surface area contributed by atoms with Crippen LogP contribution in [-0.4, -0.2) is 26.1 Å². The molecule has 0 fully saturated rings. The number of primary amides is 1. The summed E-state index contributed by atoms with van der Waals surface area (Å²) in [6, 6.07) is 17.6. The second-order valence-electron chi connectivity index (χ2n) is 8.94. The highest BCUT2D eigenvalue weighted by Gasteiger charge is 2.24. The average Bonchev–Trinajstić information content (AvgIpc) is 3.40. The van der Waals surface area contributed by atoms with Crippen molar-refractivity contribution in [1.82, 2.24) is 14.3 Å². The number of nitrogens with one attached hydrogen (secondary N) is 1. The van der Waals surface area contributed by atoms with E-state index < -0.39 is 11.8 Å².